The molecular formula is C37H73NO2. The number of allylic oxidation sites excluding steroid dienone is 4. The first-order chi connectivity index (χ1) is 19.8. The van der Waals surface area contributed by atoms with Crippen molar-refractivity contribution in [3.63, 3.8) is 0 Å². The molecular weight excluding hydrogens is 490 g/mol. The third-order valence-corrected chi connectivity index (χ3v) is 7.84. The second kappa shape index (κ2) is 36.4. The largest absolute Gasteiger partial charge is 0.380 e. The Kier molecular flexibility index (Phi) is 35.8. The molecule has 0 aromatic heterocycles. The van der Waals surface area contributed by atoms with Crippen LogP contribution < -0.4 is 0 Å². The molecule has 0 N–H and O–H groups in total. The van der Waals surface area contributed by atoms with E-state index in [2.05, 4.69) is 50.1 Å². The van der Waals surface area contributed by atoms with Crippen LogP contribution >= 0.6 is 0 Å². The fourth-order valence-electron chi connectivity index (χ4n) is 4.95. The van der Waals surface area contributed by atoms with Crippen LogP contribution in [0.3, 0.4) is 0 Å². The quantitative estimate of drug-likeness (QED) is 0.0574. The molecule has 0 saturated heterocycles. The molecule has 40 heavy (non-hydrogen) atoms. The number of ether oxygens (including phenoxy) is 2. The summed E-state index contributed by atoms with van der Waals surface area (Å²) in [7, 11) is 2.18. The Morgan fingerprint density at radius 1 is 0.375 bits per heavy atom. The first-order valence-electron chi connectivity index (χ1n) is 17.9. The van der Waals surface area contributed by atoms with Gasteiger partial charge in [-0.15, -0.1) is 0 Å². The highest BCUT2D eigenvalue weighted by molar-refractivity contribution is 4.82. The maximum Gasteiger partial charge on any atom is 0.0593 e. The Morgan fingerprint density at radius 3 is 1.02 bits per heavy atom. The predicted octanol–water partition coefficient (Wildman–Crippen LogP) is 11.5. The molecule has 0 aromatic rings. The average Bonchev–Trinajstić information content (AvgIpc) is 2.96. The maximum absolute atomic E-state index is 5.85. The number of hydrogen-bond donors (Lipinski definition) is 0. The van der Waals surface area contributed by atoms with Gasteiger partial charge >= 0.3 is 0 Å². The SMILES string of the molecule is CCCCCCC=CCCCCCCCCOCCN(C)CCOCCCCCCCCC=CCCCCCC. The Labute approximate surface area is 252 Å². The van der Waals surface area contributed by atoms with Gasteiger partial charge in [-0.1, -0.05) is 128 Å². The lowest BCUT2D eigenvalue weighted by Gasteiger charge is -2.16. The van der Waals surface area contributed by atoms with Crippen LogP contribution in [0.2, 0.25) is 0 Å². The zero-order chi connectivity index (χ0) is 29.0. The molecule has 238 valence electrons. The van der Waals surface area contributed by atoms with Gasteiger partial charge in [-0.05, 0) is 71.3 Å². The van der Waals surface area contributed by atoms with Gasteiger partial charge in [0.2, 0.25) is 0 Å². The van der Waals surface area contributed by atoms with Crippen molar-refractivity contribution in [1.29, 1.82) is 0 Å². The van der Waals surface area contributed by atoms with Gasteiger partial charge in [0.15, 0.2) is 0 Å². The van der Waals surface area contributed by atoms with Crippen molar-refractivity contribution in [1.82, 2.24) is 4.90 Å². The van der Waals surface area contributed by atoms with Gasteiger partial charge in [-0.25, -0.2) is 0 Å². The first kappa shape index (κ1) is 39.4. The van der Waals surface area contributed by atoms with E-state index in [-0.39, 0.29) is 0 Å². The molecule has 0 rings (SSSR count). The van der Waals surface area contributed by atoms with E-state index in [0.29, 0.717) is 0 Å². The van der Waals surface area contributed by atoms with Crippen LogP contribution in [0.15, 0.2) is 24.3 Å². The summed E-state index contributed by atoms with van der Waals surface area (Å²) in [6, 6.07) is 0. The summed E-state index contributed by atoms with van der Waals surface area (Å²) in [5.74, 6) is 0. The lowest BCUT2D eigenvalue weighted by molar-refractivity contribution is 0.0814. The van der Waals surface area contributed by atoms with E-state index in [0.717, 1.165) is 39.5 Å². The minimum absolute atomic E-state index is 0.843. The summed E-state index contributed by atoms with van der Waals surface area (Å²) in [4.78, 5) is 2.33. The predicted molar refractivity (Wildman–Crippen MR) is 180 cm³/mol. The fourth-order valence-corrected chi connectivity index (χ4v) is 4.95. The average molecular weight is 564 g/mol. The van der Waals surface area contributed by atoms with Gasteiger partial charge in [-0.2, -0.15) is 0 Å². The van der Waals surface area contributed by atoms with E-state index >= 15 is 0 Å². The first-order valence-corrected chi connectivity index (χ1v) is 17.9. The highest BCUT2D eigenvalue weighted by Gasteiger charge is 1.99. The summed E-state index contributed by atoms with van der Waals surface area (Å²) in [6.45, 7) is 10.1. The molecule has 0 aromatic carbocycles. The van der Waals surface area contributed by atoms with Crippen molar-refractivity contribution in [3.05, 3.63) is 24.3 Å². The van der Waals surface area contributed by atoms with E-state index in [1.807, 2.05) is 0 Å². The van der Waals surface area contributed by atoms with Gasteiger partial charge in [-0.3, -0.25) is 0 Å². The maximum atomic E-state index is 5.85. The second-order valence-electron chi connectivity index (χ2n) is 12.0. The summed E-state index contributed by atoms with van der Waals surface area (Å²) >= 11 is 0. The van der Waals surface area contributed by atoms with E-state index in [1.165, 1.54) is 154 Å². The molecule has 0 radical (unpaired) electrons. The molecule has 0 aliphatic rings. The molecule has 3 heteroatoms. The highest BCUT2D eigenvalue weighted by Crippen LogP contribution is 2.10. The Balaban J connectivity index is 3.20. The third-order valence-electron chi connectivity index (χ3n) is 7.84. The molecule has 0 fully saturated rings. The van der Waals surface area contributed by atoms with E-state index in [1.54, 1.807) is 0 Å². The molecule has 0 aliphatic heterocycles. The molecule has 0 saturated carbocycles. The number of rotatable bonds is 34. The lowest BCUT2D eigenvalue weighted by Crippen LogP contribution is -2.27. The second-order valence-corrected chi connectivity index (χ2v) is 12.0. The zero-order valence-corrected chi connectivity index (χ0v) is 27.8. The van der Waals surface area contributed by atoms with Gasteiger partial charge < -0.3 is 14.4 Å². The van der Waals surface area contributed by atoms with Crippen molar-refractivity contribution < 1.29 is 9.47 Å². The minimum atomic E-state index is 0.843. The van der Waals surface area contributed by atoms with Crippen molar-refractivity contribution in [2.24, 2.45) is 0 Å². The van der Waals surface area contributed by atoms with Gasteiger partial charge in [0.1, 0.15) is 0 Å². The van der Waals surface area contributed by atoms with Crippen LogP contribution in [0.4, 0.5) is 0 Å². The van der Waals surface area contributed by atoms with Crippen molar-refractivity contribution in [2.75, 3.05) is 46.6 Å². The normalized spacial score (nSPS) is 12.1. The molecule has 3 nitrogen and oxygen atoms in total. The summed E-state index contributed by atoms with van der Waals surface area (Å²) in [5.41, 5.74) is 0. The Morgan fingerprint density at radius 2 is 0.675 bits per heavy atom. The van der Waals surface area contributed by atoms with Gasteiger partial charge in [0.25, 0.3) is 0 Å². The van der Waals surface area contributed by atoms with Crippen LogP contribution in [0.5, 0.6) is 0 Å². The van der Waals surface area contributed by atoms with E-state index < -0.39 is 0 Å². The van der Waals surface area contributed by atoms with Crippen LogP contribution in [0.1, 0.15) is 168 Å². The van der Waals surface area contributed by atoms with Crippen molar-refractivity contribution >= 4 is 0 Å². The number of unbranched alkanes of at least 4 members (excludes halogenated alkanes) is 20. The van der Waals surface area contributed by atoms with Crippen molar-refractivity contribution in [2.45, 2.75) is 168 Å². The number of hydrogen-bond acceptors (Lipinski definition) is 3. The third kappa shape index (κ3) is 35.4. The van der Waals surface area contributed by atoms with Crippen molar-refractivity contribution in [3.8, 4) is 0 Å². The van der Waals surface area contributed by atoms with E-state index in [9.17, 15) is 0 Å². The molecule has 0 aliphatic carbocycles. The van der Waals surface area contributed by atoms with Crippen LogP contribution in [0, 0.1) is 0 Å². The molecule has 0 spiro atoms. The zero-order valence-electron chi connectivity index (χ0n) is 27.8. The van der Waals surface area contributed by atoms with Crippen LogP contribution in [0.25, 0.3) is 0 Å². The smallest absolute Gasteiger partial charge is 0.0593 e. The number of likely N-dealkylation sites (N-methyl/N-ethyl adjacent to an activating group) is 1. The van der Waals surface area contributed by atoms with E-state index in [4.69, 9.17) is 9.47 Å². The highest BCUT2D eigenvalue weighted by atomic mass is 16.5. The number of nitrogens with zero attached hydrogens (tertiary/aromatic N) is 1. The standard InChI is InChI=1S/C37H73NO2/c1-4-6-8-10-12-14-16-18-20-22-24-26-28-30-34-39-36-32-38(3)33-37-40-35-31-29-27-25-23-21-19-17-15-13-11-9-7-5-2/h14-17H,4-13,18-37H2,1-3H3. The molecule has 0 amide bonds. The molecule has 0 atom stereocenters. The summed E-state index contributed by atoms with van der Waals surface area (Å²) < 4.78 is 11.7. The molecule has 0 unspecified atom stereocenters. The Bertz CT molecular complexity index is 460. The Hall–Kier alpha value is -0.640. The van der Waals surface area contributed by atoms with Gasteiger partial charge in [0, 0.05) is 26.3 Å². The topological polar surface area (TPSA) is 21.7 Å². The molecule has 0 heterocycles. The van der Waals surface area contributed by atoms with Gasteiger partial charge in [0.05, 0.1) is 13.2 Å². The fraction of sp³-hybridized carbons (Fsp3) is 0.892. The summed E-state index contributed by atoms with van der Waals surface area (Å²) in [5, 5.41) is 0. The lowest BCUT2D eigenvalue weighted by atomic mass is 10.1. The molecule has 0 bridgehead atoms. The monoisotopic (exact) mass is 564 g/mol. The summed E-state index contributed by atoms with van der Waals surface area (Å²) in [6.07, 6.45) is 41.7. The van der Waals surface area contributed by atoms with Crippen LogP contribution in [-0.2, 0) is 9.47 Å². The van der Waals surface area contributed by atoms with Crippen LogP contribution in [-0.4, -0.2) is 51.5 Å². The minimum Gasteiger partial charge on any atom is -0.380 e.